The van der Waals surface area contributed by atoms with Gasteiger partial charge in [-0.15, -0.1) is 0 Å². The molecule has 0 saturated carbocycles. The maximum atomic E-state index is 3.93. The van der Waals surface area contributed by atoms with Crippen LogP contribution >= 0.6 is 63.7 Å². The van der Waals surface area contributed by atoms with Crippen molar-refractivity contribution in [2.45, 2.75) is 104 Å². The zero-order chi connectivity index (χ0) is 32.7. The first-order valence-electron chi connectivity index (χ1n) is 16.9. The Morgan fingerprint density at radius 1 is 0.435 bits per heavy atom. The summed E-state index contributed by atoms with van der Waals surface area (Å²) in [5, 5.41) is 2.43. The van der Waals surface area contributed by atoms with Gasteiger partial charge in [-0.1, -0.05) is 190 Å². The van der Waals surface area contributed by atoms with Crippen molar-refractivity contribution >= 4 is 74.5 Å². The highest BCUT2D eigenvalue weighted by Crippen LogP contribution is 2.43. The summed E-state index contributed by atoms with van der Waals surface area (Å²) < 4.78 is 4.15. The average molecular weight is 868 g/mol. The number of hydrogen-bond donors (Lipinski definition) is 0. The fourth-order valence-corrected chi connectivity index (χ4v) is 7.91. The Balaban J connectivity index is 1.62. The Kier molecular flexibility index (Phi) is 16.0. The van der Waals surface area contributed by atoms with Crippen LogP contribution in [0.5, 0.6) is 0 Å². The van der Waals surface area contributed by atoms with E-state index in [9.17, 15) is 0 Å². The molecular weight excluding hydrogens is 824 g/mol. The van der Waals surface area contributed by atoms with Crippen LogP contribution < -0.4 is 0 Å². The molecule has 0 aromatic heterocycles. The van der Waals surface area contributed by atoms with E-state index in [0.717, 1.165) is 77.0 Å². The van der Waals surface area contributed by atoms with Crippen molar-refractivity contribution in [1.29, 1.82) is 0 Å². The fraction of sp³-hybridized carbons (Fsp3) is 0.381. The lowest BCUT2D eigenvalue weighted by Gasteiger charge is -2.15. The minimum atomic E-state index is 0.923. The predicted octanol–water partition coefficient (Wildman–Crippen LogP) is 15.4. The SMILES string of the molecule is CCCCCCCCC#Cc1cc(Br)c(-c2cc(Br)c(-c3cc4ccccc4cc3Br)cc2Br)cc1C#CCCCCCCCC. The quantitative estimate of drug-likeness (QED) is 0.0875. The number of rotatable bonds is 14. The van der Waals surface area contributed by atoms with Gasteiger partial charge in [-0.25, -0.2) is 0 Å². The summed E-state index contributed by atoms with van der Waals surface area (Å²) in [6.45, 7) is 4.53. The summed E-state index contributed by atoms with van der Waals surface area (Å²) in [5.41, 5.74) is 6.48. The van der Waals surface area contributed by atoms with Crippen LogP contribution in [0.2, 0.25) is 0 Å². The second-order valence-electron chi connectivity index (χ2n) is 12.0. The molecule has 0 amide bonds. The average Bonchev–Trinajstić information content (AvgIpc) is 3.05. The Morgan fingerprint density at radius 2 is 0.826 bits per heavy atom. The van der Waals surface area contributed by atoms with Crippen LogP contribution in [0.3, 0.4) is 0 Å². The Morgan fingerprint density at radius 3 is 1.37 bits per heavy atom. The van der Waals surface area contributed by atoms with Crippen LogP contribution in [-0.2, 0) is 0 Å². The molecule has 0 fully saturated rings. The third-order valence-electron chi connectivity index (χ3n) is 8.34. The van der Waals surface area contributed by atoms with Crippen molar-refractivity contribution in [3.05, 3.63) is 89.7 Å². The molecule has 0 bridgehead atoms. The first-order valence-corrected chi connectivity index (χ1v) is 20.1. The van der Waals surface area contributed by atoms with Crippen LogP contribution in [0.15, 0.2) is 78.6 Å². The molecule has 0 aliphatic rings. The zero-order valence-electron chi connectivity index (χ0n) is 27.2. The molecule has 240 valence electrons. The summed E-state index contributed by atoms with van der Waals surface area (Å²) in [6.07, 6.45) is 17.2. The number of hydrogen-bond acceptors (Lipinski definition) is 0. The van der Waals surface area contributed by atoms with Crippen molar-refractivity contribution in [1.82, 2.24) is 0 Å². The van der Waals surface area contributed by atoms with E-state index < -0.39 is 0 Å². The maximum absolute atomic E-state index is 3.93. The van der Waals surface area contributed by atoms with Crippen LogP contribution in [-0.4, -0.2) is 0 Å². The van der Waals surface area contributed by atoms with Gasteiger partial charge < -0.3 is 0 Å². The van der Waals surface area contributed by atoms with Gasteiger partial charge in [-0.05, 0) is 82.3 Å². The Hall–Kier alpha value is -1.82. The normalized spacial score (nSPS) is 10.8. The number of halogens is 4. The van der Waals surface area contributed by atoms with Crippen LogP contribution in [0.1, 0.15) is 115 Å². The van der Waals surface area contributed by atoms with Gasteiger partial charge in [-0.2, -0.15) is 0 Å². The molecule has 0 spiro atoms. The largest absolute Gasteiger partial charge is 0.0978 e. The van der Waals surface area contributed by atoms with Gasteiger partial charge in [0.05, 0.1) is 0 Å². The number of unbranched alkanes of at least 4 members (excludes halogenated alkanes) is 12. The molecule has 0 N–H and O–H groups in total. The van der Waals surface area contributed by atoms with Gasteiger partial charge in [0.2, 0.25) is 0 Å². The Bertz CT molecular complexity index is 1730. The van der Waals surface area contributed by atoms with Gasteiger partial charge >= 0.3 is 0 Å². The molecule has 0 nitrogen and oxygen atoms in total. The Labute approximate surface area is 311 Å². The second kappa shape index (κ2) is 19.9. The van der Waals surface area contributed by atoms with Crippen molar-refractivity contribution in [2.24, 2.45) is 0 Å². The molecular formula is C42H44Br4. The maximum Gasteiger partial charge on any atom is 0.0413 e. The minimum absolute atomic E-state index is 0.923. The number of benzene rings is 4. The monoisotopic (exact) mass is 864 g/mol. The molecule has 46 heavy (non-hydrogen) atoms. The third-order valence-corrected chi connectivity index (χ3v) is 11.0. The van der Waals surface area contributed by atoms with Gasteiger partial charge in [0.25, 0.3) is 0 Å². The molecule has 0 aliphatic heterocycles. The summed E-state index contributed by atoms with van der Waals surface area (Å²) in [4.78, 5) is 0. The van der Waals surface area contributed by atoms with Gasteiger partial charge in [0.15, 0.2) is 0 Å². The molecule has 4 rings (SSSR count). The van der Waals surface area contributed by atoms with E-state index in [1.807, 2.05) is 0 Å². The molecule has 4 aromatic carbocycles. The van der Waals surface area contributed by atoms with Crippen molar-refractivity contribution in [3.63, 3.8) is 0 Å². The second-order valence-corrected chi connectivity index (χ2v) is 15.4. The predicted molar refractivity (Wildman–Crippen MR) is 215 cm³/mol. The van der Waals surface area contributed by atoms with Crippen LogP contribution in [0.4, 0.5) is 0 Å². The minimum Gasteiger partial charge on any atom is -0.0978 e. The molecule has 0 aliphatic carbocycles. The van der Waals surface area contributed by atoms with E-state index in [4.69, 9.17) is 0 Å². The van der Waals surface area contributed by atoms with E-state index in [0.29, 0.717) is 0 Å². The molecule has 0 saturated heterocycles. The summed E-state index contributed by atoms with van der Waals surface area (Å²) in [7, 11) is 0. The lowest BCUT2D eigenvalue weighted by Crippen LogP contribution is -1.92. The molecule has 0 unspecified atom stereocenters. The van der Waals surface area contributed by atoms with Crippen molar-refractivity contribution < 1.29 is 0 Å². The summed E-state index contributed by atoms with van der Waals surface area (Å²) in [5.74, 6) is 13.9. The highest BCUT2D eigenvalue weighted by Gasteiger charge is 2.16. The molecule has 0 radical (unpaired) electrons. The topological polar surface area (TPSA) is 0 Å². The highest BCUT2D eigenvalue weighted by molar-refractivity contribution is 9.11. The highest BCUT2D eigenvalue weighted by atomic mass is 79.9. The summed E-state index contributed by atoms with van der Waals surface area (Å²) in [6, 6.07) is 21.7. The van der Waals surface area contributed by atoms with Crippen molar-refractivity contribution in [3.8, 4) is 45.9 Å². The van der Waals surface area contributed by atoms with Crippen LogP contribution in [0.25, 0.3) is 33.0 Å². The number of fused-ring (bicyclic) bond motifs is 1. The van der Waals surface area contributed by atoms with E-state index in [2.05, 4.69) is 162 Å². The van der Waals surface area contributed by atoms with E-state index >= 15 is 0 Å². The standard InChI is InChI=1S/C42H44Br4/c1-3-5-7-9-11-13-15-17-21-31-25-35(39(43)27-33(31)22-18-16-14-12-10-8-6-4-2)37-29-42(46)38(30-41(37)45)36-26-32-23-19-20-24-34(32)28-40(36)44/h19-20,23-30H,3-16H2,1-2H3. The van der Waals surface area contributed by atoms with E-state index in [-0.39, 0.29) is 0 Å². The smallest absolute Gasteiger partial charge is 0.0413 e. The lowest BCUT2D eigenvalue weighted by molar-refractivity contribution is 0.614. The first-order chi connectivity index (χ1) is 22.4. The van der Waals surface area contributed by atoms with Gasteiger partial charge in [0, 0.05) is 41.9 Å². The molecule has 0 heterocycles. The van der Waals surface area contributed by atoms with Crippen molar-refractivity contribution in [2.75, 3.05) is 0 Å². The van der Waals surface area contributed by atoms with E-state index in [1.54, 1.807) is 0 Å². The van der Waals surface area contributed by atoms with Crippen LogP contribution in [0, 0.1) is 23.7 Å². The third kappa shape index (κ3) is 10.9. The summed E-state index contributed by atoms with van der Waals surface area (Å²) >= 11 is 15.6. The zero-order valence-corrected chi connectivity index (χ0v) is 33.5. The fourth-order valence-electron chi connectivity index (χ4n) is 5.67. The molecule has 0 atom stereocenters. The molecule has 4 aromatic rings. The van der Waals surface area contributed by atoms with Gasteiger partial charge in [-0.3, -0.25) is 0 Å². The molecule has 4 heteroatoms. The lowest BCUT2D eigenvalue weighted by atomic mass is 9.96. The first kappa shape index (κ1) is 37.0. The van der Waals surface area contributed by atoms with E-state index in [1.165, 1.54) is 75.0 Å². The van der Waals surface area contributed by atoms with Gasteiger partial charge in [0.1, 0.15) is 0 Å².